The van der Waals surface area contributed by atoms with Gasteiger partial charge in [0.15, 0.2) is 17.2 Å². The standard InChI is InChI=1S/C13H10BrNO4/c14-10-6-9(12(16)11(15-10)13(17)18)19-7-8-4-2-1-3-5-8/h1-6,16H,7H2,(H,17,18). The molecular weight excluding hydrogens is 314 g/mol. The number of carbonyl (C=O) groups is 1. The molecule has 0 aliphatic carbocycles. The van der Waals surface area contributed by atoms with E-state index in [-0.39, 0.29) is 17.0 Å². The number of hydrogen-bond acceptors (Lipinski definition) is 4. The Balaban J connectivity index is 2.23. The highest BCUT2D eigenvalue weighted by molar-refractivity contribution is 9.10. The summed E-state index contributed by atoms with van der Waals surface area (Å²) >= 11 is 3.08. The monoisotopic (exact) mass is 323 g/mol. The van der Waals surface area contributed by atoms with Crippen LogP contribution in [-0.4, -0.2) is 21.2 Å². The summed E-state index contributed by atoms with van der Waals surface area (Å²) in [7, 11) is 0. The third-order valence-corrected chi connectivity index (χ3v) is 2.77. The summed E-state index contributed by atoms with van der Waals surface area (Å²) in [4.78, 5) is 14.6. The van der Waals surface area contributed by atoms with Crippen LogP contribution in [0, 0.1) is 0 Å². The van der Waals surface area contributed by atoms with E-state index in [1.807, 2.05) is 30.3 Å². The molecule has 0 spiro atoms. The van der Waals surface area contributed by atoms with Gasteiger partial charge in [-0.2, -0.15) is 0 Å². The molecule has 2 rings (SSSR count). The lowest BCUT2D eigenvalue weighted by atomic mass is 10.2. The minimum Gasteiger partial charge on any atom is -0.503 e. The van der Waals surface area contributed by atoms with E-state index in [0.29, 0.717) is 0 Å². The largest absolute Gasteiger partial charge is 0.503 e. The summed E-state index contributed by atoms with van der Waals surface area (Å²) in [6.07, 6.45) is 0. The Morgan fingerprint density at radius 2 is 2.00 bits per heavy atom. The molecule has 1 aromatic carbocycles. The highest BCUT2D eigenvalue weighted by Gasteiger charge is 2.18. The number of rotatable bonds is 4. The summed E-state index contributed by atoms with van der Waals surface area (Å²) in [5.74, 6) is -1.72. The molecule has 98 valence electrons. The van der Waals surface area contributed by atoms with Gasteiger partial charge in [0.25, 0.3) is 0 Å². The van der Waals surface area contributed by atoms with Crippen molar-refractivity contribution in [3.63, 3.8) is 0 Å². The molecule has 0 fully saturated rings. The smallest absolute Gasteiger partial charge is 0.358 e. The first-order valence-electron chi connectivity index (χ1n) is 5.37. The normalized spacial score (nSPS) is 10.2. The Bertz CT molecular complexity index is 601. The predicted octanol–water partition coefficient (Wildman–Crippen LogP) is 2.83. The van der Waals surface area contributed by atoms with Gasteiger partial charge >= 0.3 is 5.97 Å². The lowest BCUT2D eigenvalue weighted by Crippen LogP contribution is -2.04. The van der Waals surface area contributed by atoms with Crippen LogP contribution in [0.15, 0.2) is 41.0 Å². The van der Waals surface area contributed by atoms with E-state index in [2.05, 4.69) is 20.9 Å². The van der Waals surface area contributed by atoms with Gasteiger partial charge in [-0.25, -0.2) is 9.78 Å². The number of aromatic carboxylic acids is 1. The van der Waals surface area contributed by atoms with Crippen LogP contribution in [0.2, 0.25) is 0 Å². The first kappa shape index (κ1) is 13.4. The van der Waals surface area contributed by atoms with E-state index >= 15 is 0 Å². The maximum absolute atomic E-state index is 10.9. The van der Waals surface area contributed by atoms with Gasteiger partial charge in [-0.1, -0.05) is 30.3 Å². The molecule has 0 saturated carbocycles. The number of carboxylic acid groups (broad SMARTS) is 1. The molecule has 0 aliphatic rings. The zero-order chi connectivity index (χ0) is 13.8. The van der Waals surface area contributed by atoms with Gasteiger partial charge in [0, 0.05) is 6.07 Å². The average molecular weight is 324 g/mol. The Kier molecular flexibility index (Phi) is 4.01. The molecule has 1 aromatic heterocycles. The third kappa shape index (κ3) is 3.23. The lowest BCUT2D eigenvalue weighted by Gasteiger charge is -2.10. The van der Waals surface area contributed by atoms with Crippen molar-refractivity contribution in [2.75, 3.05) is 0 Å². The van der Waals surface area contributed by atoms with E-state index in [1.165, 1.54) is 6.07 Å². The van der Waals surface area contributed by atoms with E-state index in [0.717, 1.165) is 5.56 Å². The summed E-state index contributed by atoms with van der Waals surface area (Å²) in [6, 6.07) is 10.8. The molecule has 0 aliphatic heterocycles. The fourth-order valence-corrected chi connectivity index (χ4v) is 1.86. The van der Waals surface area contributed by atoms with Gasteiger partial charge in [-0.15, -0.1) is 0 Å². The first-order chi connectivity index (χ1) is 9.08. The zero-order valence-corrected chi connectivity index (χ0v) is 11.3. The molecule has 1 heterocycles. The van der Waals surface area contributed by atoms with Crippen LogP contribution < -0.4 is 4.74 Å². The zero-order valence-electron chi connectivity index (χ0n) is 9.71. The van der Waals surface area contributed by atoms with E-state index in [1.54, 1.807) is 0 Å². The van der Waals surface area contributed by atoms with Crippen molar-refractivity contribution in [1.82, 2.24) is 4.98 Å². The number of nitrogens with zero attached hydrogens (tertiary/aromatic N) is 1. The summed E-state index contributed by atoms with van der Waals surface area (Å²) in [5, 5.41) is 18.7. The van der Waals surface area contributed by atoms with E-state index in [4.69, 9.17) is 9.84 Å². The van der Waals surface area contributed by atoms with Crippen LogP contribution in [0.3, 0.4) is 0 Å². The van der Waals surface area contributed by atoms with Gasteiger partial charge in [-0.05, 0) is 21.5 Å². The second-order valence-corrected chi connectivity index (χ2v) is 4.53. The van der Waals surface area contributed by atoms with Crippen LogP contribution in [0.4, 0.5) is 0 Å². The second-order valence-electron chi connectivity index (χ2n) is 3.72. The Hall–Kier alpha value is -2.08. The molecule has 2 aromatic rings. The number of aromatic nitrogens is 1. The van der Waals surface area contributed by atoms with Crippen molar-refractivity contribution in [2.45, 2.75) is 6.61 Å². The Morgan fingerprint density at radius 3 is 2.63 bits per heavy atom. The highest BCUT2D eigenvalue weighted by atomic mass is 79.9. The number of aromatic hydroxyl groups is 1. The number of halogens is 1. The number of ether oxygens (including phenoxy) is 1. The topological polar surface area (TPSA) is 79.7 Å². The fourth-order valence-electron chi connectivity index (χ4n) is 1.48. The molecule has 0 radical (unpaired) electrons. The number of carboxylic acids is 1. The van der Waals surface area contributed by atoms with Crippen LogP contribution in [-0.2, 0) is 6.61 Å². The molecular formula is C13H10BrNO4. The van der Waals surface area contributed by atoms with Crippen molar-refractivity contribution in [3.8, 4) is 11.5 Å². The molecule has 19 heavy (non-hydrogen) atoms. The van der Waals surface area contributed by atoms with Gasteiger partial charge in [0.2, 0.25) is 0 Å². The summed E-state index contributed by atoms with van der Waals surface area (Å²) in [6.45, 7) is 0.226. The minimum atomic E-state index is -1.32. The number of benzene rings is 1. The van der Waals surface area contributed by atoms with E-state index in [9.17, 15) is 9.90 Å². The van der Waals surface area contributed by atoms with Gasteiger partial charge < -0.3 is 14.9 Å². The molecule has 0 amide bonds. The molecule has 0 bridgehead atoms. The molecule has 0 atom stereocenters. The lowest BCUT2D eigenvalue weighted by molar-refractivity contribution is 0.0685. The predicted molar refractivity (Wildman–Crippen MR) is 71.3 cm³/mol. The van der Waals surface area contributed by atoms with Crippen molar-refractivity contribution in [2.24, 2.45) is 0 Å². The fraction of sp³-hybridized carbons (Fsp3) is 0.0769. The molecule has 5 nitrogen and oxygen atoms in total. The SMILES string of the molecule is O=C(O)c1nc(Br)cc(OCc2ccccc2)c1O. The van der Waals surface area contributed by atoms with Crippen molar-refractivity contribution >= 4 is 21.9 Å². The maximum Gasteiger partial charge on any atom is 0.358 e. The molecule has 2 N–H and O–H groups in total. The second kappa shape index (κ2) is 5.71. The molecule has 6 heteroatoms. The van der Waals surface area contributed by atoms with Crippen LogP contribution >= 0.6 is 15.9 Å². The summed E-state index contributed by atoms with van der Waals surface area (Å²) in [5.41, 5.74) is 0.462. The molecule has 0 unspecified atom stereocenters. The highest BCUT2D eigenvalue weighted by Crippen LogP contribution is 2.32. The van der Waals surface area contributed by atoms with Crippen molar-refractivity contribution < 1.29 is 19.7 Å². The number of hydrogen-bond donors (Lipinski definition) is 2. The third-order valence-electron chi connectivity index (χ3n) is 2.37. The molecule has 0 saturated heterocycles. The number of pyridine rings is 1. The quantitative estimate of drug-likeness (QED) is 0.846. The van der Waals surface area contributed by atoms with Gasteiger partial charge in [-0.3, -0.25) is 0 Å². The summed E-state index contributed by atoms with van der Waals surface area (Å²) < 4.78 is 5.69. The first-order valence-corrected chi connectivity index (χ1v) is 6.16. The van der Waals surface area contributed by atoms with Crippen LogP contribution in [0.5, 0.6) is 11.5 Å². The Labute approximate surface area is 117 Å². The Morgan fingerprint density at radius 1 is 1.32 bits per heavy atom. The van der Waals surface area contributed by atoms with Gasteiger partial charge in [0.1, 0.15) is 11.2 Å². The van der Waals surface area contributed by atoms with Crippen molar-refractivity contribution in [1.29, 1.82) is 0 Å². The maximum atomic E-state index is 10.9. The van der Waals surface area contributed by atoms with Crippen LogP contribution in [0.25, 0.3) is 0 Å². The minimum absolute atomic E-state index is 0.0723. The van der Waals surface area contributed by atoms with E-state index < -0.39 is 17.4 Å². The van der Waals surface area contributed by atoms with Gasteiger partial charge in [0.05, 0.1) is 0 Å². The van der Waals surface area contributed by atoms with Crippen molar-refractivity contribution in [3.05, 3.63) is 52.3 Å². The average Bonchev–Trinajstić information content (AvgIpc) is 2.40. The van der Waals surface area contributed by atoms with Crippen LogP contribution in [0.1, 0.15) is 16.1 Å².